The molecule has 2 aromatic rings. The second-order valence-corrected chi connectivity index (χ2v) is 5.91. The Bertz CT molecular complexity index is 679. The molecule has 1 unspecified atom stereocenters. The van der Waals surface area contributed by atoms with E-state index in [0.29, 0.717) is 11.4 Å². The number of rotatable bonds is 2. The van der Waals surface area contributed by atoms with Gasteiger partial charge in [0.2, 0.25) is 0 Å². The number of anilines is 1. The summed E-state index contributed by atoms with van der Waals surface area (Å²) in [5.41, 5.74) is 6.43. The van der Waals surface area contributed by atoms with Crippen LogP contribution in [-0.2, 0) is 10.8 Å². The molecule has 0 fully saturated rings. The number of hydrogen-bond acceptors (Lipinski definition) is 3. The molecule has 7 heteroatoms. The van der Waals surface area contributed by atoms with E-state index in [0.717, 1.165) is 0 Å². The first-order chi connectivity index (χ1) is 8.91. The smallest absolute Gasteiger partial charge is 0.150 e. The molecule has 1 heterocycles. The monoisotopic (exact) mass is 318 g/mol. The molecule has 1 aromatic heterocycles. The Morgan fingerprint density at radius 2 is 2.00 bits per heavy atom. The third-order valence-corrected chi connectivity index (χ3v) is 4.21. The molecule has 0 radical (unpaired) electrons. The van der Waals surface area contributed by atoms with Gasteiger partial charge in [-0.25, -0.2) is 4.39 Å². The number of nitrogens with two attached hydrogens (primary N) is 1. The Morgan fingerprint density at radius 1 is 1.32 bits per heavy atom. The minimum Gasteiger partial charge on any atom is -0.397 e. The highest BCUT2D eigenvalue weighted by molar-refractivity contribution is 7.84. The zero-order valence-electron chi connectivity index (χ0n) is 9.78. The molecule has 0 saturated carbocycles. The molecule has 0 aliphatic heterocycles. The van der Waals surface area contributed by atoms with Crippen LogP contribution in [0.4, 0.5) is 10.1 Å². The SMILES string of the molecule is CS(=O)c1c(Cl)ccc(-c2cc(N)c(Cl)cn2)c1F. The van der Waals surface area contributed by atoms with E-state index in [1.165, 1.54) is 30.7 Å². The second-order valence-electron chi connectivity index (χ2n) is 3.78. The van der Waals surface area contributed by atoms with Crippen molar-refractivity contribution in [1.82, 2.24) is 4.98 Å². The van der Waals surface area contributed by atoms with Crippen molar-refractivity contribution < 1.29 is 8.60 Å². The molecule has 3 nitrogen and oxygen atoms in total. The van der Waals surface area contributed by atoms with Crippen LogP contribution >= 0.6 is 23.2 Å². The van der Waals surface area contributed by atoms with Gasteiger partial charge in [-0.15, -0.1) is 0 Å². The molecule has 2 rings (SSSR count). The molecule has 0 amide bonds. The Kier molecular flexibility index (Phi) is 4.08. The predicted molar refractivity (Wildman–Crippen MR) is 76.4 cm³/mol. The summed E-state index contributed by atoms with van der Waals surface area (Å²) in [4.78, 5) is 3.96. The number of aromatic nitrogens is 1. The molecule has 1 atom stereocenters. The third-order valence-electron chi connectivity index (χ3n) is 2.50. The van der Waals surface area contributed by atoms with Crippen LogP contribution in [0.5, 0.6) is 0 Å². The normalized spacial score (nSPS) is 12.4. The van der Waals surface area contributed by atoms with Crippen molar-refractivity contribution in [1.29, 1.82) is 0 Å². The average Bonchev–Trinajstić information content (AvgIpc) is 2.33. The Labute approximate surface area is 122 Å². The lowest BCUT2D eigenvalue weighted by molar-refractivity contribution is 0.599. The fourth-order valence-corrected chi connectivity index (χ4v) is 2.88. The lowest BCUT2D eigenvalue weighted by atomic mass is 10.1. The van der Waals surface area contributed by atoms with Crippen molar-refractivity contribution in [2.24, 2.45) is 0 Å². The largest absolute Gasteiger partial charge is 0.397 e. The summed E-state index contributed by atoms with van der Waals surface area (Å²) < 4.78 is 25.8. The molecular formula is C12H9Cl2FN2OS. The van der Waals surface area contributed by atoms with Crippen molar-refractivity contribution in [3.8, 4) is 11.3 Å². The van der Waals surface area contributed by atoms with E-state index in [1.807, 2.05) is 0 Å². The molecule has 0 saturated heterocycles. The Hall–Kier alpha value is -1.17. The highest BCUT2D eigenvalue weighted by Gasteiger charge is 2.17. The maximum absolute atomic E-state index is 14.3. The third kappa shape index (κ3) is 2.73. The molecule has 0 aliphatic rings. The van der Waals surface area contributed by atoms with Crippen molar-refractivity contribution in [2.45, 2.75) is 4.90 Å². The Balaban J connectivity index is 2.66. The number of nitrogens with zero attached hydrogens (tertiary/aromatic N) is 1. The standard InChI is InChI=1S/C12H9Cl2FN2OS/c1-19(18)12-7(13)3-2-6(11(12)15)10-4-9(16)8(14)5-17-10/h2-5H,1H3,(H2,16,17). The average molecular weight is 319 g/mol. The van der Waals surface area contributed by atoms with Crippen LogP contribution in [0.25, 0.3) is 11.3 Å². The maximum Gasteiger partial charge on any atom is 0.150 e. The lowest BCUT2D eigenvalue weighted by Crippen LogP contribution is -1.99. The zero-order valence-corrected chi connectivity index (χ0v) is 12.1. The predicted octanol–water partition coefficient (Wildman–Crippen LogP) is 3.51. The van der Waals surface area contributed by atoms with Gasteiger partial charge in [0.05, 0.1) is 37.1 Å². The van der Waals surface area contributed by atoms with Crippen LogP contribution in [0.15, 0.2) is 29.3 Å². The van der Waals surface area contributed by atoms with Crippen molar-refractivity contribution in [3.05, 3.63) is 40.3 Å². The maximum atomic E-state index is 14.3. The summed E-state index contributed by atoms with van der Waals surface area (Å²) in [7, 11) is -1.54. The molecule has 1 aromatic carbocycles. The zero-order chi connectivity index (χ0) is 14.2. The van der Waals surface area contributed by atoms with Gasteiger partial charge in [-0.3, -0.25) is 9.19 Å². The van der Waals surface area contributed by atoms with Gasteiger partial charge >= 0.3 is 0 Å². The van der Waals surface area contributed by atoms with Gasteiger partial charge < -0.3 is 5.73 Å². The van der Waals surface area contributed by atoms with E-state index < -0.39 is 16.6 Å². The van der Waals surface area contributed by atoms with E-state index in [-0.39, 0.29) is 20.5 Å². The summed E-state index contributed by atoms with van der Waals surface area (Å²) in [6, 6.07) is 4.39. The van der Waals surface area contributed by atoms with Crippen LogP contribution in [0, 0.1) is 5.82 Å². The molecule has 0 spiro atoms. The number of hydrogen-bond donors (Lipinski definition) is 1. The number of nitrogen functional groups attached to an aromatic ring is 1. The summed E-state index contributed by atoms with van der Waals surface area (Å²) in [5, 5.41) is 0.404. The van der Waals surface area contributed by atoms with E-state index in [2.05, 4.69) is 4.98 Å². The molecule has 100 valence electrons. The van der Waals surface area contributed by atoms with Gasteiger partial charge in [0.1, 0.15) is 5.82 Å². The fraction of sp³-hybridized carbons (Fsp3) is 0.0833. The Morgan fingerprint density at radius 3 is 2.58 bits per heavy atom. The summed E-state index contributed by atoms with van der Waals surface area (Å²) >= 11 is 11.6. The van der Waals surface area contributed by atoms with E-state index >= 15 is 0 Å². The summed E-state index contributed by atoms with van der Waals surface area (Å²) in [6.07, 6.45) is 2.70. The molecule has 19 heavy (non-hydrogen) atoms. The number of pyridine rings is 1. The van der Waals surface area contributed by atoms with Crippen LogP contribution in [0.1, 0.15) is 0 Å². The van der Waals surface area contributed by atoms with Gasteiger partial charge in [0, 0.05) is 18.0 Å². The summed E-state index contributed by atoms with van der Waals surface area (Å²) in [6.45, 7) is 0. The highest BCUT2D eigenvalue weighted by Crippen LogP contribution is 2.32. The van der Waals surface area contributed by atoms with Crippen LogP contribution < -0.4 is 5.73 Å². The first kappa shape index (κ1) is 14.2. The fourth-order valence-electron chi connectivity index (χ4n) is 1.60. The van der Waals surface area contributed by atoms with Crippen LogP contribution in [-0.4, -0.2) is 15.4 Å². The minimum atomic E-state index is -1.54. The van der Waals surface area contributed by atoms with Gasteiger partial charge in [-0.2, -0.15) is 0 Å². The second kappa shape index (κ2) is 5.45. The lowest BCUT2D eigenvalue weighted by Gasteiger charge is -2.09. The quantitative estimate of drug-likeness (QED) is 0.921. The highest BCUT2D eigenvalue weighted by atomic mass is 35.5. The summed E-state index contributed by atoms with van der Waals surface area (Å²) in [5.74, 6) is -0.664. The molecule has 0 bridgehead atoms. The van der Waals surface area contributed by atoms with Crippen molar-refractivity contribution in [3.63, 3.8) is 0 Å². The minimum absolute atomic E-state index is 0.0468. The number of benzene rings is 1. The first-order valence-electron chi connectivity index (χ1n) is 5.14. The first-order valence-corrected chi connectivity index (χ1v) is 7.46. The van der Waals surface area contributed by atoms with E-state index in [1.54, 1.807) is 0 Å². The van der Waals surface area contributed by atoms with Crippen LogP contribution in [0.2, 0.25) is 10.0 Å². The van der Waals surface area contributed by atoms with Crippen LogP contribution in [0.3, 0.4) is 0 Å². The topological polar surface area (TPSA) is 56.0 Å². The van der Waals surface area contributed by atoms with Gasteiger partial charge in [-0.1, -0.05) is 23.2 Å². The molecular weight excluding hydrogens is 310 g/mol. The van der Waals surface area contributed by atoms with Crippen molar-refractivity contribution >= 4 is 39.7 Å². The van der Waals surface area contributed by atoms with Gasteiger partial charge in [0.15, 0.2) is 0 Å². The number of halogens is 3. The van der Waals surface area contributed by atoms with Crippen molar-refractivity contribution in [2.75, 3.05) is 12.0 Å². The van der Waals surface area contributed by atoms with E-state index in [4.69, 9.17) is 28.9 Å². The van der Waals surface area contributed by atoms with Gasteiger partial charge in [-0.05, 0) is 18.2 Å². The van der Waals surface area contributed by atoms with E-state index in [9.17, 15) is 8.60 Å². The van der Waals surface area contributed by atoms with Gasteiger partial charge in [0.25, 0.3) is 0 Å². The molecule has 2 N–H and O–H groups in total. The molecule has 0 aliphatic carbocycles.